The topological polar surface area (TPSA) is 12.0 Å². The smallest absolute Gasteiger partial charge is 0.0819 e. The number of anilines is 2. The molecule has 0 heterocycles. The Morgan fingerprint density at radius 2 is 1.23 bits per heavy atom. The molecule has 0 aromatic heterocycles. The van der Waals surface area contributed by atoms with Gasteiger partial charge in [0.1, 0.15) is 0 Å². The van der Waals surface area contributed by atoms with E-state index in [9.17, 15) is 0 Å². The number of hydrogen-bond acceptors (Lipinski definition) is 1. The fourth-order valence-electron chi connectivity index (χ4n) is 2.56. The fourth-order valence-corrected chi connectivity index (χ4v) is 3.67. The Morgan fingerprint density at radius 3 is 1.91 bits per heavy atom. The Morgan fingerprint density at radius 1 is 0.636 bits per heavy atom. The third-order valence-corrected chi connectivity index (χ3v) is 5.25. The molecule has 3 aromatic carbocycles. The van der Waals surface area contributed by atoms with Gasteiger partial charge in [0.2, 0.25) is 0 Å². The maximum atomic E-state index is 3.56. The summed E-state index contributed by atoms with van der Waals surface area (Å²) in [6.07, 6.45) is 0. The van der Waals surface area contributed by atoms with Crippen molar-refractivity contribution in [1.82, 2.24) is 0 Å². The van der Waals surface area contributed by atoms with Crippen LogP contribution in [0.1, 0.15) is 0 Å². The van der Waals surface area contributed by atoms with E-state index >= 15 is 0 Å². The molecule has 0 fully saturated rings. The molecule has 109 valence electrons. The summed E-state index contributed by atoms with van der Waals surface area (Å²) in [5.41, 5.74) is 4.86. The molecule has 1 nitrogen and oxygen atoms in total. The summed E-state index contributed by atoms with van der Waals surface area (Å²) in [7, 11) is -0.474. The summed E-state index contributed by atoms with van der Waals surface area (Å²) >= 11 is 0. The summed E-state index contributed by atoms with van der Waals surface area (Å²) in [6.45, 7) is 4.65. The minimum Gasteiger partial charge on any atom is -0.356 e. The van der Waals surface area contributed by atoms with Crippen LogP contribution in [0.25, 0.3) is 11.1 Å². The molecule has 0 amide bonds. The molecule has 1 radical (unpaired) electrons. The molecule has 0 aliphatic carbocycles. The van der Waals surface area contributed by atoms with Crippen molar-refractivity contribution in [2.75, 3.05) is 5.32 Å². The SMILES string of the molecule is C[Si](C)c1ccccc1Nc1ccc(-c2ccccc2)cc1. The van der Waals surface area contributed by atoms with Crippen molar-refractivity contribution in [1.29, 1.82) is 0 Å². The van der Waals surface area contributed by atoms with Gasteiger partial charge in [0.25, 0.3) is 0 Å². The highest BCUT2D eigenvalue weighted by Gasteiger charge is 2.07. The van der Waals surface area contributed by atoms with E-state index < -0.39 is 8.80 Å². The lowest BCUT2D eigenvalue weighted by molar-refractivity contribution is 1.55. The van der Waals surface area contributed by atoms with Crippen molar-refractivity contribution >= 4 is 25.4 Å². The minimum absolute atomic E-state index is 0.474. The van der Waals surface area contributed by atoms with Gasteiger partial charge in [-0.25, -0.2) is 0 Å². The Kier molecular flexibility index (Phi) is 4.40. The molecule has 0 aliphatic heterocycles. The van der Waals surface area contributed by atoms with Crippen LogP contribution in [0.5, 0.6) is 0 Å². The highest BCUT2D eigenvalue weighted by Crippen LogP contribution is 2.22. The maximum Gasteiger partial charge on any atom is 0.0819 e. The number of hydrogen-bond donors (Lipinski definition) is 1. The summed E-state index contributed by atoms with van der Waals surface area (Å²) in [6, 6.07) is 27.7. The minimum atomic E-state index is -0.474. The van der Waals surface area contributed by atoms with Gasteiger partial charge in [-0.2, -0.15) is 0 Å². The van der Waals surface area contributed by atoms with Crippen LogP contribution in [0.4, 0.5) is 11.4 Å². The van der Waals surface area contributed by atoms with Crippen molar-refractivity contribution in [3.63, 3.8) is 0 Å². The van der Waals surface area contributed by atoms with Gasteiger partial charge < -0.3 is 5.32 Å². The maximum absolute atomic E-state index is 3.56. The zero-order chi connectivity index (χ0) is 15.4. The molecule has 0 bridgehead atoms. The van der Waals surface area contributed by atoms with Crippen molar-refractivity contribution in [2.24, 2.45) is 0 Å². The van der Waals surface area contributed by atoms with Crippen LogP contribution in [0.15, 0.2) is 78.9 Å². The van der Waals surface area contributed by atoms with Crippen LogP contribution < -0.4 is 10.5 Å². The van der Waals surface area contributed by atoms with Crippen LogP contribution in [-0.4, -0.2) is 8.80 Å². The van der Waals surface area contributed by atoms with E-state index in [0.717, 1.165) is 5.69 Å². The monoisotopic (exact) mass is 302 g/mol. The van der Waals surface area contributed by atoms with Crippen molar-refractivity contribution in [2.45, 2.75) is 13.1 Å². The number of para-hydroxylation sites is 1. The molecule has 0 saturated heterocycles. The molecule has 2 heteroatoms. The van der Waals surface area contributed by atoms with E-state index in [1.807, 2.05) is 6.07 Å². The zero-order valence-electron chi connectivity index (χ0n) is 13.0. The van der Waals surface area contributed by atoms with E-state index in [-0.39, 0.29) is 0 Å². The molecule has 0 saturated carbocycles. The average Bonchev–Trinajstić information content (AvgIpc) is 2.57. The number of benzene rings is 3. The van der Waals surface area contributed by atoms with Crippen LogP contribution in [0.3, 0.4) is 0 Å². The zero-order valence-corrected chi connectivity index (χ0v) is 14.0. The summed E-state index contributed by atoms with van der Waals surface area (Å²) in [5, 5.41) is 5.00. The molecule has 0 spiro atoms. The normalized spacial score (nSPS) is 10.7. The molecular weight excluding hydrogens is 282 g/mol. The molecule has 0 aliphatic rings. The van der Waals surface area contributed by atoms with Crippen molar-refractivity contribution in [3.8, 4) is 11.1 Å². The Bertz CT molecular complexity index is 733. The third-order valence-electron chi connectivity index (χ3n) is 3.74. The predicted molar refractivity (Wildman–Crippen MR) is 98.7 cm³/mol. The summed E-state index contributed by atoms with van der Waals surface area (Å²) in [5.74, 6) is 0. The van der Waals surface area contributed by atoms with Gasteiger partial charge in [-0.3, -0.25) is 0 Å². The van der Waals surface area contributed by atoms with Crippen LogP contribution in [0, 0.1) is 0 Å². The van der Waals surface area contributed by atoms with Gasteiger partial charge in [0.15, 0.2) is 0 Å². The molecule has 0 unspecified atom stereocenters. The Balaban J connectivity index is 1.83. The first kappa shape index (κ1) is 14.6. The molecule has 3 rings (SSSR count). The van der Waals surface area contributed by atoms with Gasteiger partial charge >= 0.3 is 0 Å². The lowest BCUT2D eigenvalue weighted by Crippen LogP contribution is -2.25. The number of rotatable bonds is 4. The molecule has 22 heavy (non-hydrogen) atoms. The van der Waals surface area contributed by atoms with E-state index in [1.165, 1.54) is 22.0 Å². The highest BCUT2D eigenvalue weighted by atomic mass is 28.3. The second-order valence-electron chi connectivity index (χ2n) is 5.61. The first-order valence-electron chi connectivity index (χ1n) is 7.56. The van der Waals surface area contributed by atoms with Gasteiger partial charge in [0, 0.05) is 11.4 Å². The second-order valence-corrected chi connectivity index (χ2v) is 8.15. The summed E-state index contributed by atoms with van der Waals surface area (Å²) < 4.78 is 0. The Labute approximate surface area is 134 Å². The van der Waals surface area contributed by atoms with E-state index in [0.29, 0.717) is 0 Å². The van der Waals surface area contributed by atoms with E-state index in [1.54, 1.807) is 0 Å². The van der Waals surface area contributed by atoms with Crippen LogP contribution >= 0.6 is 0 Å². The quantitative estimate of drug-likeness (QED) is 0.664. The van der Waals surface area contributed by atoms with Gasteiger partial charge in [-0.15, -0.1) is 0 Å². The largest absolute Gasteiger partial charge is 0.356 e. The Hall–Kier alpha value is -2.32. The average molecular weight is 302 g/mol. The lowest BCUT2D eigenvalue weighted by Gasteiger charge is -2.14. The molecule has 3 aromatic rings. The second kappa shape index (κ2) is 6.63. The van der Waals surface area contributed by atoms with E-state index in [2.05, 4.69) is 91.2 Å². The molecule has 1 N–H and O–H groups in total. The summed E-state index contributed by atoms with van der Waals surface area (Å²) in [4.78, 5) is 0. The van der Waals surface area contributed by atoms with Gasteiger partial charge in [-0.05, 0) is 34.5 Å². The van der Waals surface area contributed by atoms with Gasteiger partial charge in [0.05, 0.1) is 8.80 Å². The number of nitrogens with one attached hydrogen (secondary N) is 1. The molecular formula is C20H20NSi. The third kappa shape index (κ3) is 3.29. The van der Waals surface area contributed by atoms with Crippen molar-refractivity contribution < 1.29 is 0 Å². The predicted octanol–water partition coefficient (Wildman–Crippen LogP) is 5.06. The van der Waals surface area contributed by atoms with E-state index in [4.69, 9.17) is 0 Å². The standard InChI is InChI=1S/C20H20NSi/c1-22(2)20-11-7-6-10-19(20)21-18-14-12-17(13-15-18)16-8-4-3-5-9-16/h3-15,21H,1-2H3. The highest BCUT2D eigenvalue weighted by molar-refractivity contribution is 6.72. The lowest BCUT2D eigenvalue weighted by atomic mass is 10.1. The first-order valence-corrected chi connectivity index (χ1v) is 10.1. The fraction of sp³-hybridized carbons (Fsp3) is 0.100. The first-order chi connectivity index (χ1) is 10.7. The molecule has 0 atom stereocenters. The van der Waals surface area contributed by atoms with Crippen LogP contribution in [0.2, 0.25) is 13.1 Å². The van der Waals surface area contributed by atoms with Gasteiger partial charge in [-0.1, -0.05) is 73.8 Å². The van der Waals surface area contributed by atoms with Crippen molar-refractivity contribution in [3.05, 3.63) is 78.9 Å². The van der Waals surface area contributed by atoms with Crippen LogP contribution in [-0.2, 0) is 0 Å².